The quantitative estimate of drug-likeness (QED) is 0.797. The number of anilines is 1. The third-order valence-electron chi connectivity index (χ3n) is 3.32. The van der Waals surface area contributed by atoms with E-state index in [1.165, 1.54) is 25.0 Å². The van der Waals surface area contributed by atoms with Crippen LogP contribution in [0, 0.1) is 11.2 Å². The first kappa shape index (κ1) is 12.2. The number of methoxy groups -OCH3 is 1. The predicted molar refractivity (Wildman–Crippen MR) is 67.0 cm³/mol. The third-order valence-corrected chi connectivity index (χ3v) is 3.32. The molecule has 0 spiro atoms. The predicted octanol–water partition coefficient (Wildman–Crippen LogP) is 2.25. The molecule has 0 aromatic heterocycles. The van der Waals surface area contributed by atoms with Gasteiger partial charge in [0.05, 0.1) is 12.8 Å². The van der Waals surface area contributed by atoms with Crippen molar-refractivity contribution < 1.29 is 9.13 Å². The van der Waals surface area contributed by atoms with E-state index in [-0.39, 0.29) is 5.82 Å². The number of halogens is 1. The molecule has 1 saturated carbocycles. The molecule has 1 aliphatic rings. The molecule has 94 valence electrons. The van der Waals surface area contributed by atoms with Gasteiger partial charge in [0.15, 0.2) is 0 Å². The zero-order chi connectivity index (χ0) is 12.3. The van der Waals surface area contributed by atoms with Crippen molar-refractivity contribution in [3.63, 3.8) is 0 Å². The molecule has 1 aliphatic carbocycles. The fourth-order valence-corrected chi connectivity index (χ4v) is 2.07. The van der Waals surface area contributed by atoms with Crippen molar-refractivity contribution in [3.8, 4) is 5.75 Å². The second-order valence-electron chi connectivity index (χ2n) is 4.73. The summed E-state index contributed by atoms with van der Waals surface area (Å²) in [6.45, 7) is 1.85. The molecule has 0 saturated heterocycles. The molecule has 1 aromatic carbocycles. The summed E-state index contributed by atoms with van der Waals surface area (Å²) in [5, 5.41) is 6.49. The van der Waals surface area contributed by atoms with Gasteiger partial charge >= 0.3 is 0 Å². The van der Waals surface area contributed by atoms with E-state index in [9.17, 15) is 4.39 Å². The molecule has 0 bridgehead atoms. The van der Waals surface area contributed by atoms with Gasteiger partial charge in [0.25, 0.3) is 0 Å². The lowest BCUT2D eigenvalue weighted by molar-refractivity contribution is 0.414. The number of rotatable bonds is 6. The van der Waals surface area contributed by atoms with Gasteiger partial charge in [-0.1, -0.05) is 0 Å². The maximum atomic E-state index is 13.2. The molecule has 3 nitrogen and oxygen atoms in total. The molecule has 1 fully saturated rings. The highest BCUT2D eigenvalue weighted by molar-refractivity contribution is 5.56. The van der Waals surface area contributed by atoms with Crippen LogP contribution in [0.3, 0.4) is 0 Å². The summed E-state index contributed by atoms with van der Waals surface area (Å²) in [5.41, 5.74) is 1.07. The Kier molecular flexibility index (Phi) is 3.52. The van der Waals surface area contributed by atoms with Crippen LogP contribution < -0.4 is 15.4 Å². The molecule has 4 heteroatoms. The van der Waals surface area contributed by atoms with E-state index in [4.69, 9.17) is 4.74 Å². The fraction of sp³-hybridized carbons (Fsp3) is 0.538. The zero-order valence-corrected chi connectivity index (χ0v) is 10.3. The highest BCUT2D eigenvalue weighted by Gasteiger charge is 2.41. The van der Waals surface area contributed by atoms with Crippen LogP contribution in [-0.4, -0.2) is 27.2 Å². The summed E-state index contributed by atoms with van der Waals surface area (Å²) in [5.74, 6) is 0.443. The minimum absolute atomic E-state index is 0.244. The summed E-state index contributed by atoms with van der Waals surface area (Å²) in [6, 6.07) is 4.54. The average Bonchev–Trinajstić information content (AvgIpc) is 3.08. The second kappa shape index (κ2) is 4.92. The minimum Gasteiger partial charge on any atom is -0.495 e. The van der Waals surface area contributed by atoms with Crippen molar-refractivity contribution in [1.29, 1.82) is 0 Å². The summed E-state index contributed by atoms with van der Waals surface area (Å²) in [6.07, 6.45) is 2.44. The van der Waals surface area contributed by atoms with Gasteiger partial charge in [0.2, 0.25) is 0 Å². The maximum Gasteiger partial charge on any atom is 0.142 e. The highest BCUT2D eigenvalue weighted by Crippen LogP contribution is 2.45. The van der Waals surface area contributed by atoms with Gasteiger partial charge in [-0.25, -0.2) is 4.39 Å². The van der Waals surface area contributed by atoms with E-state index in [1.54, 1.807) is 13.2 Å². The van der Waals surface area contributed by atoms with E-state index in [0.717, 1.165) is 18.8 Å². The van der Waals surface area contributed by atoms with Crippen molar-refractivity contribution in [2.75, 3.05) is 32.6 Å². The van der Waals surface area contributed by atoms with Crippen LogP contribution in [0.5, 0.6) is 5.75 Å². The van der Waals surface area contributed by atoms with Gasteiger partial charge < -0.3 is 15.4 Å². The van der Waals surface area contributed by atoms with Crippen LogP contribution in [0.15, 0.2) is 18.2 Å². The molecule has 2 N–H and O–H groups in total. The van der Waals surface area contributed by atoms with Crippen molar-refractivity contribution in [1.82, 2.24) is 5.32 Å². The van der Waals surface area contributed by atoms with Crippen molar-refractivity contribution in [3.05, 3.63) is 24.0 Å². The van der Waals surface area contributed by atoms with Crippen LogP contribution in [-0.2, 0) is 0 Å². The molecule has 0 radical (unpaired) electrons. The number of benzene rings is 1. The van der Waals surface area contributed by atoms with E-state index < -0.39 is 0 Å². The molecule has 0 unspecified atom stereocenters. The first-order valence-electron chi connectivity index (χ1n) is 5.91. The topological polar surface area (TPSA) is 33.3 Å². The summed E-state index contributed by atoms with van der Waals surface area (Å²) in [7, 11) is 3.56. The number of hydrogen-bond donors (Lipinski definition) is 2. The van der Waals surface area contributed by atoms with Gasteiger partial charge in [-0.2, -0.15) is 0 Å². The molecule has 1 aromatic rings. The molecule has 2 rings (SSSR count). The Morgan fingerprint density at radius 2 is 2.12 bits per heavy atom. The van der Waals surface area contributed by atoms with Crippen molar-refractivity contribution in [2.45, 2.75) is 12.8 Å². The van der Waals surface area contributed by atoms with Crippen LogP contribution in [0.25, 0.3) is 0 Å². The Morgan fingerprint density at radius 1 is 1.35 bits per heavy atom. The summed E-state index contributed by atoms with van der Waals surface area (Å²) in [4.78, 5) is 0. The Morgan fingerprint density at radius 3 is 2.71 bits per heavy atom. The zero-order valence-electron chi connectivity index (χ0n) is 10.3. The molecule has 0 heterocycles. The molecule has 0 aliphatic heterocycles. The second-order valence-corrected chi connectivity index (χ2v) is 4.73. The maximum absolute atomic E-state index is 13.2. The third kappa shape index (κ3) is 2.88. The SMILES string of the molecule is CNCC1(CNc2cc(F)ccc2OC)CC1. The lowest BCUT2D eigenvalue weighted by Gasteiger charge is -2.17. The van der Waals surface area contributed by atoms with Crippen molar-refractivity contribution in [2.24, 2.45) is 5.41 Å². The van der Waals surface area contributed by atoms with Gasteiger partial charge in [-0.3, -0.25) is 0 Å². The van der Waals surface area contributed by atoms with Gasteiger partial charge in [0.1, 0.15) is 11.6 Å². The molecular formula is C13H19FN2O. The standard InChI is InChI=1S/C13H19FN2O/c1-15-8-13(5-6-13)9-16-11-7-10(14)3-4-12(11)17-2/h3-4,7,15-16H,5-6,8-9H2,1-2H3. The minimum atomic E-state index is -0.244. The largest absolute Gasteiger partial charge is 0.495 e. The summed E-state index contributed by atoms with van der Waals surface area (Å²) < 4.78 is 18.4. The van der Waals surface area contributed by atoms with E-state index in [1.807, 2.05) is 7.05 Å². The Bertz CT molecular complexity index is 391. The molecule has 0 atom stereocenters. The van der Waals surface area contributed by atoms with E-state index in [2.05, 4.69) is 10.6 Å². The Hall–Kier alpha value is -1.29. The van der Waals surface area contributed by atoms with Gasteiger partial charge in [-0.15, -0.1) is 0 Å². The van der Waals surface area contributed by atoms with Crippen molar-refractivity contribution >= 4 is 5.69 Å². The molecule has 17 heavy (non-hydrogen) atoms. The smallest absolute Gasteiger partial charge is 0.142 e. The van der Waals surface area contributed by atoms with Gasteiger partial charge in [0, 0.05) is 24.6 Å². The van der Waals surface area contributed by atoms with Crippen LogP contribution in [0.1, 0.15) is 12.8 Å². The van der Waals surface area contributed by atoms with Crippen LogP contribution in [0.2, 0.25) is 0 Å². The van der Waals surface area contributed by atoms with Gasteiger partial charge in [-0.05, 0) is 32.0 Å². The lowest BCUT2D eigenvalue weighted by Crippen LogP contribution is -2.26. The van der Waals surface area contributed by atoms with Crippen LogP contribution >= 0.6 is 0 Å². The Balaban J connectivity index is 2.01. The number of ether oxygens (including phenoxy) is 1. The van der Waals surface area contributed by atoms with E-state index in [0.29, 0.717) is 11.2 Å². The Labute approximate surface area is 101 Å². The van der Waals surface area contributed by atoms with E-state index >= 15 is 0 Å². The normalized spacial score (nSPS) is 16.6. The lowest BCUT2D eigenvalue weighted by atomic mass is 10.1. The molecule has 0 amide bonds. The molecular weight excluding hydrogens is 219 g/mol. The summed E-state index contributed by atoms with van der Waals surface area (Å²) >= 11 is 0. The average molecular weight is 238 g/mol. The first-order valence-corrected chi connectivity index (χ1v) is 5.91. The number of hydrogen-bond acceptors (Lipinski definition) is 3. The first-order chi connectivity index (χ1) is 8.19. The highest BCUT2D eigenvalue weighted by atomic mass is 19.1. The fourth-order valence-electron chi connectivity index (χ4n) is 2.07. The van der Waals surface area contributed by atoms with Crippen LogP contribution in [0.4, 0.5) is 10.1 Å². The monoisotopic (exact) mass is 238 g/mol. The number of nitrogens with one attached hydrogen (secondary N) is 2.